The van der Waals surface area contributed by atoms with E-state index in [0.29, 0.717) is 0 Å². The highest BCUT2D eigenvalue weighted by molar-refractivity contribution is 7.92. The summed E-state index contributed by atoms with van der Waals surface area (Å²) < 4.78 is 50.6. The summed E-state index contributed by atoms with van der Waals surface area (Å²) in [6.07, 6.45) is 0.947. The number of sulfonamides is 1. The SMILES string of the molecule is CC(C)NC(=O)NCCN(c1ccc(F)c(F)c1)S(C)(=O)=O. The molecule has 0 aromatic heterocycles. The smallest absolute Gasteiger partial charge is 0.315 e. The van der Waals surface area contributed by atoms with E-state index < -0.39 is 27.7 Å². The van der Waals surface area contributed by atoms with Gasteiger partial charge in [-0.3, -0.25) is 4.31 Å². The van der Waals surface area contributed by atoms with Gasteiger partial charge in [0.2, 0.25) is 10.0 Å². The van der Waals surface area contributed by atoms with E-state index in [9.17, 15) is 22.0 Å². The molecule has 0 aliphatic rings. The Morgan fingerprint density at radius 1 is 1.27 bits per heavy atom. The minimum Gasteiger partial charge on any atom is -0.336 e. The highest BCUT2D eigenvalue weighted by atomic mass is 32.2. The number of rotatable bonds is 6. The van der Waals surface area contributed by atoms with E-state index in [0.717, 1.165) is 28.8 Å². The number of halogens is 2. The van der Waals surface area contributed by atoms with Crippen molar-refractivity contribution >= 4 is 21.7 Å². The third-order valence-electron chi connectivity index (χ3n) is 2.61. The molecule has 0 bridgehead atoms. The lowest BCUT2D eigenvalue weighted by atomic mass is 10.3. The molecule has 0 fully saturated rings. The second-order valence-corrected chi connectivity index (χ2v) is 6.90. The monoisotopic (exact) mass is 335 g/mol. The molecule has 2 N–H and O–H groups in total. The van der Waals surface area contributed by atoms with Gasteiger partial charge in [-0.15, -0.1) is 0 Å². The van der Waals surface area contributed by atoms with Gasteiger partial charge in [0.25, 0.3) is 0 Å². The van der Waals surface area contributed by atoms with E-state index in [2.05, 4.69) is 10.6 Å². The molecule has 0 aliphatic heterocycles. The summed E-state index contributed by atoms with van der Waals surface area (Å²) in [6.45, 7) is 3.48. The van der Waals surface area contributed by atoms with Crippen LogP contribution in [0.25, 0.3) is 0 Å². The van der Waals surface area contributed by atoms with Gasteiger partial charge in [-0.2, -0.15) is 0 Å². The lowest BCUT2D eigenvalue weighted by Crippen LogP contribution is -2.43. The van der Waals surface area contributed by atoms with E-state index in [-0.39, 0.29) is 24.8 Å². The van der Waals surface area contributed by atoms with Crippen molar-refractivity contribution < 1.29 is 22.0 Å². The van der Waals surface area contributed by atoms with Crippen molar-refractivity contribution in [1.82, 2.24) is 10.6 Å². The highest BCUT2D eigenvalue weighted by Crippen LogP contribution is 2.20. The quantitative estimate of drug-likeness (QED) is 0.826. The van der Waals surface area contributed by atoms with E-state index >= 15 is 0 Å². The van der Waals surface area contributed by atoms with Crippen molar-refractivity contribution in [2.45, 2.75) is 19.9 Å². The first-order valence-corrected chi connectivity index (χ1v) is 8.43. The first kappa shape index (κ1) is 18.1. The molecule has 2 amide bonds. The topological polar surface area (TPSA) is 78.5 Å². The summed E-state index contributed by atoms with van der Waals surface area (Å²) in [4.78, 5) is 11.4. The van der Waals surface area contributed by atoms with Crippen LogP contribution in [0.2, 0.25) is 0 Å². The first-order chi connectivity index (χ1) is 10.1. The average Bonchev–Trinajstić information content (AvgIpc) is 2.36. The van der Waals surface area contributed by atoms with Crippen LogP contribution in [0.5, 0.6) is 0 Å². The van der Waals surface area contributed by atoms with Crippen molar-refractivity contribution in [2.24, 2.45) is 0 Å². The molecule has 22 heavy (non-hydrogen) atoms. The van der Waals surface area contributed by atoms with Crippen LogP contribution in [0, 0.1) is 11.6 Å². The van der Waals surface area contributed by atoms with Gasteiger partial charge in [0, 0.05) is 18.7 Å². The van der Waals surface area contributed by atoms with Crippen molar-refractivity contribution in [3.05, 3.63) is 29.8 Å². The van der Waals surface area contributed by atoms with Crippen molar-refractivity contribution in [3.8, 4) is 0 Å². The molecule has 0 saturated heterocycles. The Labute approximate surface area is 128 Å². The van der Waals surface area contributed by atoms with Gasteiger partial charge in [0.15, 0.2) is 11.6 Å². The van der Waals surface area contributed by atoms with E-state index in [4.69, 9.17) is 0 Å². The number of nitrogens with zero attached hydrogens (tertiary/aromatic N) is 1. The number of amides is 2. The van der Waals surface area contributed by atoms with Gasteiger partial charge < -0.3 is 10.6 Å². The van der Waals surface area contributed by atoms with Crippen LogP contribution >= 0.6 is 0 Å². The first-order valence-electron chi connectivity index (χ1n) is 6.58. The lowest BCUT2D eigenvalue weighted by molar-refractivity contribution is 0.239. The lowest BCUT2D eigenvalue weighted by Gasteiger charge is -2.23. The molecule has 0 radical (unpaired) electrons. The van der Waals surface area contributed by atoms with Gasteiger partial charge in [0.05, 0.1) is 18.5 Å². The molecule has 1 rings (SSSR count). The molecule has 1 aromatic carbocycles. The maximum Gasteiger partial charge on any atom is 0.315 e. The summed E-state index contributed by atoms with van der Waals surface area (Å²) in [5.41, 5.74) is -0.00697. The summed E-state index contributed by atoms with van der Waals surface area (Å²) in [5, 5.41) is 5.07. The normalized spacial score (nSPS) is 11.4. The second-order valence-electron chi connectivity index (χ2n) is 4.99. The zero-order valence-corrected chi connectivity index (χ0v) is 13.4. The van der Waals surface area contributed by atoms with Gasteiger partial charge in [-0.1, -0.05) is 0 Å². The minimum absolute atomic E-state index is 0.00697. The second kappa shape index (κ2) is 7.39. The van der Waals surface area contributed by atoms with Crippen LogP contribution in [0.1, 0.15) is 13.8 Å². The van der Waals surface area contributed by atoms with Crippen molar-refractivity contribution in [2.75, 3.05) is 23.7 Å². The Kier molecular flexibility index (Phi) is 6.10. The molecular weight excluding hydrogens is 316 g/mol. The molecule has 6 nitrogen and oxygen atoms in total. The molecular formula is C13H19F2N3O3S. The Morgan fingerprint density at radius 2 is 1.91 bits per heavy atom. The van der Waals surface area contributed by atoms with Crippen LogP contribution in [-0.2, 0) is 10.0 Å². The fraction of sp³-hybridized carbons (Fsp3) is 0.462. The Morgan fingerprint density at radius 3 is 2.41 bits per heavy atom. The molecule has 0 saturated carbocycles. The molecule has 0 unspecified atom stereocenters. The molecule has 0 aliphatic carbocycles. The van der Waals surface area contributed by atoms with E-state index in [1.54, 1.807) is 13.8 Å². The van der Waals surface area contributed by atoms with Gasteiger partial charge >= 0.3 is 6.03 Å². The Hall–Kier alpha value is -1.90. The molecule has 124 valence electrons. The highest BCUT2D eigenvalue weighted by Gasteiger charge is 2.19. The van der Waals surface area contributed by atoms with Gasteiger partial charge in [0.1, 0.15) is 0 Å². The number of anilines is 1. The summed E-state index contributed by atoms with van der Waals surface area (Å²) in [6, 6.07) is 2.31. The number of carbonyl (C=O) groups excluding carboxylic acids is 1. The third-order valence-corrected chi connectivity index (χ3v) is 3.81. The molecule has 9 heteroatoms. The van der Waals surface area contributed by atoms with E-state index in [1.165, 1.54) is 0 Å². The third kappa shape index (κ3) is 5.47. The molecule has 0 heterocycles. The molecule has 0 spiro atoms. The fourth-order valence-corrected chi connectivity index (χ4v) is 2.63. The summed E-state index contributed by atoms with van der Waals surface area (Å²) in [5.74, 6) is -2.21. The van der Waals surface area contributed by atoms with Crippen molar-refractivity contribution in [3.63, 3.8) is 0 Å². The Balaban J connectivity index is 2.79. The number of hydrogen-bond donors (Lipinski definition) is 2. The number of urea groups is 1. The number of nitrogens with one attached hydrogen (secondary N) is 2. The van der Waals surface area contributed by atoms with Gasteiger partial charge in [-0.05, 0) is 26.0 Å². The van der Waals surface area contributed by atoms with Crippen LogP contribution in [0.4, 0.5) is 19.3 Å². The van der Waals surface area contributed by atoms with E-state index in [1.807, 2.05) is 0 Å². The predicted octanol–water partition coefficient (Wildman–Crippen LogP) is 1.44. The summed E-state index contributed by atoms with van der Waals surface area (Å²) >= 11 is 0. The van der Waals surface area contributed by atoms with Crippen LogP contribution in [0.3, 0.4) is 0 Å². The predicted molar refractivity (Wildman–Crippen MR) is 80.2 cm³/mol. The van der Waals surface area contributed by atoms with Crippen LogP contribution in [0.15, 0.2) is 18.2 Å². The fourth-order valence-electron chi connectivity index (χ4n) is 1.71. The maximum atomic E-state index is 13.2. The Bertz CT molecular complexity index is 635. The number of hydrogen-bond acceptors (Lipinski definition) is 3. The molecule has 0 atom stereocenters. The summed E-state index contributed by atoms with van der Waals surface area (Å²) in [7, 11) is -3.70. The number of benzene rings is 1. The zero-order valence-electron chi connectivity index (χ0n) is 12.6. The maximum absolute atomic E-state index is 13.2. The van der Waals surface area contributed by atoms with Crippen molar-refractivity contribution in [1.29, 1.82) is 0 Å². The van der Waals surface area contributed by atoms with Gasteiger partial charge in [-0.25, -0.2) is 22.0 Å². The standard InChI is InChI=1S/C13H19F2N3O3S/c1-9(2)17-13(19)16-6-7-18(22(3,20)21)10-4-5-11(14)12(15)8-10/h4-5,8-9H,6-7H2,1-3H3,(H2,16,17,19). The largest absolute Gasteiger partial charge is 0.336 e. The average molecular weight is 335 g/mol. The minimum atomic E-state index is -3.70. The number of carbonyl (C=O) groups is 1. The van der Waals surface area contributed by atoms with Crippen LogP contribution in [-0.4, -0.2) is 39.8 Å². The zero-order chi connectivity index (χ0) is 16.9. The molecule has 1 aromatic rings. The van der Waals surface area contributed by atoms with Crippen LogP contribution < -0.4 is 14.9 Å².